The molecule has 5 nitrogen and oxygen atoms in total. The van der Waals surface area contributed by atoms with Gasteiger partial charge in [-0.25, -0.2) is 4.79 Å². The van der Waals surface area contributed by atoms with Gasteiger partial charge in [0.15, 0.2) is 6.61 Å². The smallest absolute Gasteiger partial charge is 0.422 e. The second kappa shape index (κ2) is 9.04. The summed E-state index contributed by atoms with van der Waals surface area (Å²) in [6.45, 7) is 5.99. The summed E-state index contributed by atoms with van der Waals surface area (Å²) in [6, 6.07) is 12.6. The first-order valence-corrected chi connectivity index (χ1v) is 12.2. The van der Waals surface area contributed by atoms with Crippen LogP contribution in [0.1, 0.15) is 43.9 Å². The minimum atomic E-state index is -4.36. The van der Waals surface area contributed by atoms with Crippen molar-refractivity contribution >= 4 is 6.09 Å². The van der Waals surface area contributed by atoms with Gasteiger partial charge in [0.2, 0.25) is 0 Å². The van der Waals surface area contributed by atoms with E-state index in [0.717, 1.165) is 61.2 Å². The molecule has 1 N–H and O–H groups in total. The van der Waals surface area contributed by atoms with Gasteiger partial charge in [-0.1, -0.05) is 44.2 Å². The van der Waals surface area contributed by atoms with Gasteiger partial charge in [-0.3, -0.25) is 4.90 Å². The van der Waals surface area contributed by atoms with Gasteiger partial charge in [-0.15, -0.1) is 0 Å². The molecular weight excluding hydrogens is 457 g/mol. The molecule has 1 unspecified atom stereocenters. The van der Waals surface area contributed by atoms with E-state index in [0.29, 0.717) is 5.92 Å². The van der Waals surface area contributed by atoms with Gasteiger partial charge in [0, 0.05) is 6.54 Å². The van der Waals surface area contributed by atoms with Crippen molar-refractivity contribution in [3.63, 3.8) is 0 Å². The number of amides is 1. The summed E-state index contributed by atoms with van der Waals surface area (Å²) in [4.78, 5) is 15.2. The molecule has 2 aromatic carbocycles. The molecule has 4 aliphatic rings. The molecule has 0 radical (unpaired) electrons. The van der Waals surface area contributed by atoms with E-state index in [2.05, 4.69) is 30.1 Å². The van der Waals surface area contributed by atoms with Gasteiger partial charge in [-0.05, 0) is 78.1 Å². The molecule has 1 amide bonds. The van der Waals surface area contributed by atoms with E-state index in [1.807, 2.05) is 12.1 Å². The van der Waals surface area contributed by atoms with E-state index in [4.69, 9.17) is 9.47 Å². The van der Waals surface area contributed by atoms with Crippen molar-refractivity contribution in [1.29, 1.82) is 0 Å². The number of carbonyl (C=O) groups is 1. The zero-order valence-corrected chi connectivity index (χ0v) is 20.0. The van der Waals surface area contributed by atoms with Crippen molar-refractivity contribution in [2.24, 2.45) is 11.3 Å². The molecular formula is C27H31F3N2O3. The van der Waals surface area contributed by atoms with Crippen molar-refractivity contribution in [1.82, 2.24) is 10.2 Å². The number of nitrogens with one attached hydrogen (secondary N) is 1. The zero-order valence-electron chi connectivity index (χ0n) is 20.0. The molecule has 2 bridgehead atoms. The number of hydrogen-bond acceptors (Lipinski definition) is 4. The fraction of sp³-hybridized carbons (Fsp3) is 0.519. The average Bonchev–Trinajstić information content (AvgIpc) is 3.07. The number of ether oxygens (including phenoxy) is 2. The monoisotopic (exact) mass is 488 g/mol. The van der Waals surface area contributed by atoms with E-state index >= 15 is 0 Å². The predicted octanol–water partition coefficient (Wildman–Crippen LogP) is 5.74. The second-order valence-electron chi connectivity index (χ2n) is 10.7. The van der Waals surface area contributed by atoms with Gasteiger partial charge in [0.25, 0.3) is 0 Å². The maximum atomic E-state index is 12.8. The van der Waals surface area contributed by atoms with Gasteiger partial charge in [-0.2, -0.15) is 13.2 Å². The van der Waals surface area contributed by atoms with Crippen LogP contribution in [0.4, 0.5) is 18.0 Å². The Kier molecular flexibility index (Phi) is 6.20. The van der Waals surface area contributed by atoms with Crippen molar-refractivity contribution in [3.05, 3.63) is 53.6 Å². The molecule has 2 aromatic rings. The molecule has 8 heteroatoms. The Balaban J connectivity index is 1.26. The van der Waals surface area contributed by atoms with E-state index in [1.54, 1.807) is 24.3 Å². The Morgan fingerprint density at radius 2 is 1.77 bits per heavy atom. The number of benzene rings is 2. The number of halogens is 3. The van der Waals surface area contributed by atoms with Crippen LogP contribution in [0.15, 0.2) is 42.5 Å². The molecule has 3 fully saturated rings. The lowest BCUT2D eigenvalue weighted by Crippen LogP contribution is -2.53. The fourth-order valence-corrected chi connectivity index (χ4v) is 5.75. The lowest BCUT2D eigenvalue weighted by atomic mass is 9.85. The number of rotatable bonds is 5. The largest absolute Gasteiger partial charge is 0.484 e. The Bertz CT molecular complexity index is 1080. The van der Waals surface area contributed by atoms with Crippen LogP contribution in [0.2, 0.25) is 0 Å². The number of fused-ring (bicyclic) bond motifs is 4. The van der Waals surface area contributed by atoms with Crippen LogP contribution in [-0.4, -0.2) is 49.5 Å². The summed E-state index contributed by atoms with van der Waals surface area (Å²) in [6.07, 6.45) is -1.77. The SMILES string of the molecule is CC1(C)Cc2cc(-c3ccc(OCC(F)(F)F)cc3)ccc2C1NC(=O)O[C@@H]1CN2CCC1CC2. The molecule has 0 spiro atoms. The Labute approximate surface area is 203 Å². The molecule has 3 heterocycles. The zero-order chi connectivity index (χ0) is 24.8. The van der Waals surface area contributed by atoms with Gasteiger partial charge in [0.05, 0.1) is 6.04 Å². The third-order valence-electron chi connectivity index (χ3n) is 7.59. The first kappa shape index (κ1) is 24.0. The Morgan fingerprint density at radius 1 is 1.09 bits per heavy atom. The lowest BCUT2D eigenvalue weighted by Gasteiger charge is -2.44. The first-order valence-electron chi connectivity index (χ1n) is 12.2. The maximum absolute atomic E-state index is 12.8. The summed E-state index contributed by atoms with van der Waals surface area (Å²) < 4.78 is 47.8. The van der Waals surface area contributed by atoms with Gasteiger partial charge in [0.1, 0.15) is 11.9 Å². The van der Waals surface area contributed by atoms with Crippen LogP contribution >= 0.6 is 0 Å². The van der Waals surface area contributed by atoms with Crippen LogP contribution in [0, 0.1) is 11.3 Å². The van der Waals surface area contributed by atoms with E-state index in [1.165, 1.54) is 0 Å². The lowest BCUT2D eigenvalue weighted by molar-refractivity contribution is -0.153. The summed E-state index contributed by atoms with van der Waals surface area (Å²) in [7, 11) is 0. The first-order chi connectivity index (χ1) is 16.6. The summed E-state index contributed by atoms with van der Waals surface area (Å²) >= 11 is 0. The number of hydrogen-bond donors (Lipinski definition) is 1. The van der Waals surface area contributed by atoms with Crippen molar-refractivity contribution in [2.45, 2.75) is 51.4 Å². The normalized spacial score (nSPS) is 26.8. The third-order valence-corrected chi connectivity index (χ3v) is 7.59. The highest BCUT2D eigenvalue weighted by molar-refractivity contribution is 5.70. The minimum absolute atomic E-state index is 0.0352. The summed E-state index contributed by atoms with van der Waals surface area (Å²) in [5, 5.41) is 3.14. The number of nitrogens with zero attached hydrogens (tertiary/aromatic N) is 1. The molecule has 0 aromatic heterocycles. The van der Waals surface area contributed by atoms with Gasteiger partial charge >= 0.3 is 12.3 Å². The van der Waals surface area contributed by atoms with Crippen molar-refractivity contribution < 1.29 is 27.4 Å². The van der Waals surface area contributed by atoms with E-state index in [9.17, 15) is 18.0 Å². The third kappa shape index (κ3) is 5.27. The summed E-state index contributed by atoms with van der Waals surface area (Å²) in [5.74, 6) is 0.640. The molecule has 3 saturated heterocycles. The van der Waals surface area contributed by atoms with Gasteiger partial charge < -0.3 is 14.8 Å². The number of piperidine rings is 3. The average molecular weight is 489 g/mol. The number of carbonyl (C=O) groups excluding carboxylic acids is 1. The van der Waals surface area contributed by atoms with Crippen LogP contribution < -0.4 is 10.1 Å². The highest BCUT2D eigenvalue weighted by Gasteiger charge is 2.42. The van der Waals surface area contributed by atoms with Crippen molar-refractivity contribution in [3.8, 4) is 16.9 Å². The molecule has 0 saturated carbocycles. The highest BCUT2D eigenvalue weighted by atomic mass is 19.4. The molecule has 188 valence electrons. The molecule has 2 atom stereocenters. The van der Waals surface area contributed by atoms with Crippen LogP contribution in [0.3, 0.4) is 0 Å². The van der Waals surface area contributed by atoms with E-state index < -0.39 is 12.8 Å². The quantitative estimate of drug-likeness (QED) is 0.583. The van der Waals surface area contributed by atoms with E-state index in [-0.39, 0.29) is 29.4 Å². The number of alkyl carbamates (subject to hydrolysis) is 1. The van der Waals surface area contributed by atoms with Crippen molar-refractivity contribution in [2.75, 3.05) is 26.2 Å². The Hall–Kier alpha value is -2.74. The maximum Gasteiger partial charge on any atom is 0.422 e. The van der Waals surface area contributed by atoms with Crippen LogP contribution in [-0.2, 0) is 11.2 Å². The predicted molar refractivity (Wildman–Crippen MR) is 126 cm³/mol. The minimum Gasteiger partial charge on any atom is -0.484 e. The fourth-order valence-electron chi connectivity index (χ4n) is 5.75. The van der Waals surface area contributed by atoms with Crippen LogP contribution in [0.5, 0.6) is 5.75 Å². The Morgan fingerprint density at radius 3 is 2.40 bits per heavy atom. The van der Waals surface area contributed by atoms with Crippen LogP contribution in [0.25, 0.3) is 11.1 Å². The molecule has 35 heavy (non-hydrogen) atoms. The summed E-state index contributed by atoms with van der Waals surface area (Å²) in [5.41, 5.74) is 3.91. The molecule has 1 aliphatic carbocycles. The standard InChI is InChI=1S/C27H31F3N2O3/c1-26(2)14-20-13-19(17-3-6-21(7-4-17)34-16-27(28,29)30)5-8-22(20)24(26)31-25(33)35-23-15-32-11-9-18(23)10-12-32/h3-8,13,18,23-24H,9-12,14-16H2,1-2H3,(H,31,33)/t23-,24?/m1/s1. The molecule has 6 rings (SSSR count). The topological polar surface area (TPSA) is 50.8 Å². The highest BCUT2D eigenvalue weighted by Crippen LogP contribution is 2.46. The number of alkyl halides is 3. The second-order valence-corrected chi connectivity index (χ2v) is 10.7. The molecule has 3 aliphatic heterocycles.